The first-order valence-corrected chi connectivity index (χ1v) is 8.79. The predicted octanol–water partition coefficient (Wildman–Crippen LogP) is -0.169. The molecule has 0 radical (unpaired) electrons. The van der Waals surface area contributed by atoms with Crippen LogP contribution in [0.5, 0.6) is 0 Å². The number of aryl methyl sites for hydroxylation is 1. The molecule has 2 rings (SSSR count). The van der Waals surface area contributed by atoms with Crippen LogP contribution in [-0.2, 0) is 16.6 Å². The molecule has 1 heterocycles. The average Bonchev–Trinajstić information content (AvgIpc) is 3.17. The quantitative estimate of drug-likeness (QED) is 0.695. The lowest BCUT2D eigenvalue weighted by molar-refractivity contribution is 0.329. The van der Waals surface area contributed by atoms with Gasteiger partial charge in [-0.25, -0.2) is 13.1 Å². The van der Waals surface area contributed by atoms with E-state index in [1.807, 2.05) is 7.05 Å². The van der Waals surface area contributed by atoms with Crippen molar-refractivity contribution in [2.24, 2.45) is 5.73 Å². The maximum Gasteiger partial charge on any atom is 0.244 e. The summed E-state index contributed by atoms with van der Waals surface area (Å²) in [6, 6.07) is 0.630. The van der Waals surface area contributed by atoms with Crippen molar-refractivity contribution in [1.82, 2.24) is 19.4 Å². The van der Waals surface area contributed by atoms with E-state index in [1.54, 1.807) is 18.5 Å². The Labute approximate surface area is 126 Å². The van der Waals surface area contributed by atoms with Crippen LogP contribution in [0.4, 0.5) is 0 Å². The summed E-state index contributed by atoms with van der Waals surface area (Å²) in [5.41, 5.74) is 6.67. The first-order chi connectivity index (χ1) is 9.86. The Balaban J connectivity index is 2.04. The summed E-state index contributed by atoms with van der Waals surface area (Å²) in [7, 11) is -1.49. The van der Waals surface area contributed by atoms with Crippen LogP contribution >= 0.6 is 0 Å². The Morgan fingerprint density at radius 1 is 1.43 bits per heavy atom. The van der Waals surface area contributed by atoms with Gasteiger partial charge in [0.05, 0.1) is 17.9 Å². The second-order valence-corrected chi connectivity index (χ2v) is 7.33. The average molecular weight is 315 g/mol. The minimum atomic E-state index is -3.52. The van der Waals surface area contributed by atoms with E-state index in [9.17, 15) is 8.42 Å². The highest BCUT2D eigenvalue weighted by Gasteiger charge is 2.27. The summed E-state index contributed by atoms with van der Waals surface area (Å²) in [6.45, 7) is 5.56. The third-order valence-electron chi connectivity index (χ3n) is 3.85. The van der Waals surface area contributed by atoms with Gasteiger partial charge in [0.25, 0.3) is 0 Å². The molecule has 1 aromatic rings. The van der Waals surface area contributed by atoms with E-state index >= 15 is 0 Å². The molecule has 0 aliphatic heterocycles. The Kier molecular flexibility index (Phi) is 5.03. The number of likely N-dealkylation sites (N-methyl/N-ethyl adjacent to an activating group) is 1. The zero-order valence-electron chi connectivity index (χ0n) is 13.0. The molecule has 0 atom stereocenters. The van der Waals surface area contributed by atoms with Crippen molar-refractivity contribution in [3.05, 3.63) is 11.4 Å². The van der Waals surface area contributed by atoms with E-state index in [0.717, 1.165) is 6.54 Å². The van der Waals surface area contributed by atoms with Crippen molar-refractivity contribution >= 4 is 10.0 Å². The third-order valence-corrected chi connectivity index (χ3v) is 5.56. The fourth-order valence-electron chi connectivity index (χ4n) is 2.54. The molecule has 120 valence electrons. The number of hydrogen-bond donors (Lipinski definition) is 2. The van der Waals surface area contributed by atoms with E-state index in [2.05, 4.69) is 14.7 Å². The molecular formula is C13H25N5O2S. The van der Waals surface area contributed by atoms with Gasteiger partial charge in [-0.05, 0) is 33.7 Å². The molecule has 1 aromatic heterocycles. The van der Waals surface area contributed by atoms with Gasteiger partial charge in [-0.1, -0.05) is 0 Å². The zero-order valence-corrected chi connectivity index (χ0v) is 13.8. The van der Waals surface area contributed by atoms with E-state index in [0.29, 0.717) is 37.1 Å². The van der Waals surface area contributed by atoms with Gasteiger partial charge in [0, 0.05) is 25.7 Å². The van der Waals surface area contributed by atoms with Crippen LogP contribution in [0.3, 0.4) is 0 Å². The summed E-state index contributed by atoms with van der Waals surface area (Å²) in [5, 5.41) is 4.25. The molecule has 1 saturated carbocycles. The summed E-state index contributed by atoms with van der Waals surface area (Å²) in [4.78, 5) is 2.48. The summed E-state index contributed by atoms with van der Waals surface area (Å²) < 4.78 is 29.2. The highest BCUT2D eigenvalue weighted by Crippen LogP contribution is 2.24. The molecule has 0 spiro atoms. The number of nitrogens with two attached hydrogens (primary N) is 1. The van der Waals surface area contributed by atoms with E-state index < -0.39 is 10.0 Å². The van der Waals surface area contributed by atoms with Gasteiger partial charge in [-0.15, -0.1) is 0 Å². The predicted molar refractivity (Wildman–Crippen MR) is 81.6 cm³/mol. The van der Waals surface area contributed by atoms with Crippen LogP contribution in [0, 0.1) is 13.8 Å². The van der Waals surface area contributed by atoms with Gasteiger partial charge < -0.3 is 10.6 Å². The topological polar surface area (TPSA) is 93.2 Å². The standard InChI is InChI=1S/C13H25N5O2S/c1-10-13(11(2)18(16-10)8-6-14)21(19,20)15-7-9-17(3)12-4-5-12/h12,15H,4-9,14H2,1-3H3. The number of aromatic nitrogens is 2. The molecule has 8 heteroatoms. The first kappa shape index (κ1) is 16.4. The molecule has 0 saturated heterocycles. The van der Waals surface area contributed by atoms with Crippen LogP contribution in [0.2, 0.25) is 0 Å². The Morgan fingerprint density at radius 3 is 2.67 bits per heavy atom. The highest BCUT2D eigenvalue weighted by atomic mass is 32.2. The Bertz CT molecular complexity index is 592. The van der Waals surface area contributed by atoms with Gasteiger partial charge in [0.1, 0.15) is 4.90 Å². The molecule has 21 heavy (non-hydrogen) atoms. The minimum Gasteiger partial charge on any atom is -0.329 e. The summed E-state index contributed by atoms with van der Waals surface area (Å²) in [5.74, 6) is 0. The van der Waals surface area contributed by atoms with Gasteiger partial charge >= 0.3 is 0 Å². The van der Waals surface area contributed by atoms with Crippen LogP contribution in [-0.4, -0.2) is 55.8 Å². The Hall–Kier alpha value is -0.960. The number of nitrogens with one attached hydrogen (secondary N) is 1. The van der Waals surface area contributed by atoms with Gasteiger partial charge in [-0.2, -0.15) is 5.10 Å². The SMILES string of the molecule is Cc1nn(CCN)c(C)c1S(=O)(=O)NCCN(C)C1CC1. The minimum absolute atomic E-state index is 0.282. The van der Waals surface area contributed by atoms with Crippen LogP contribution in [0.15, 0.2) is 4.90 Å². The summed E-state index contributed by atoms with van der Waals surface area (Å²) in [6.07, 6.45) is 2.43. The number of rotatable bonds is 8. The van der Waals surface area contributed by atoms with Crippen LogP contribution < -0.4 is 10.5 Å². The van der Waals surface area contributed by atoms with E-state index in [1.165, 1.54) is 12.8 Å². The van der Waals surface area contributed by atoms with E-state index in [-0.39, 0.29) is 4.90 Å². The smallest absolute Gasteiger partial charge is 0.244 e. The van der Waals surface area contributed by atoms with Crippen LogP contribution in [0.1, 0.15) is 24.2 Å². The second kappa shape index (κ2) is 6.43. The molecular weight excluding hydrogens is 290 g/mol. The molecule has 0 aromatic carbocycles. The van der Waals surface area contributed by atoms with Crippen molar-refractivity contribution in [1.29, 1.82) is 0 Å². The van der Waals surface area contributed by atoms with Crippen molar-refractivity contribution in [3.8, 4) is 0 Å². The van der Waals surface area contributed by atoms with Crippen molar-refractivity contribution in [2.75, 3.05) is 26.7 Å². The second-order valence-electron chi connectivity index (χ2n) is 5.62. The molecule has 1 fully saturated rings. The Morgan fingerprint density at radius 2 is 2.10 bits per heavy atom. The highest BCUT2D eigenvalue weighted by molar-refractivity contribution is 7.89. The van der Waals surface area contributed by atoms with Crippen molar-refractivity contribution in [3.63, 3.8) is 0 Å². The maximum absolute atomic E-state index is 12.4. The van der Waals surface area contributed by atoms with Crippen molar-refractivity contribution in [2.45, 2.75) is 44.2 Å². The number of nitrogens with zero attached hydrogens (tertiary/aromatic N) is 3. The molecule has 7 nitrogen and oxygen atoms in total. The fourth-order valence-corrected chi connectivity index (χ4v) is 3.96. The first-order valence-electron chi connectivity index (χ1n) is 7.30. The molecule has 3 N–H and O–H groups in total. The van der Waals surface area contributed by atoms with Gasteiger partial charge in [0.15, 0.2) is 0 Å². The molecule has 0 amide bonds. The van der Waals surface area contributed by atoms with E-state index in [4.69, 9.17) is 5.73 Å². The number of hydrogen-bond acceptors (Lipinski definition) is 5. The zero-order chi connectivity index (χ0) is 15.6. The van der Waals surface area contributed by atoms with Gasteiger partial charge in [0.2, 0.25) is 10.0 Å². The number of sulfonamides is 1. The monoisotopic (exact) mass is 315 g/mol. The third kappa shape index (κ3) is 3.82. The molecule has 1 aliphatic carbocycles. The summed E-state index contributed by atoms with van der Waals surface area (Å²) >= 11 is 0. The fraction of sp³-hybridized carbons (Fsp3) is 0.769. The van der Waals surface area contributed by atoms with Gasteiger partial charge in [-0.3, -0.25) is 4.68 Å². The largest absolute Gasteiger partial charge is 0.329 e. The lowest BCUT2D eigenvalue weighted by Gasteiger charge is -2.15. The molecule has 0 unspecified atom stereocenters. The van der Waals surface area contributed by atoms with Crippen molar-refractivity contribution < 1.29 is 8.42 Å². The lowest BCUT2D eigenvalue weighted by atomic mass is 10.4. The molecule has 1 aliphatic rings. The maximum atomic E-state index is 12.4. The normalized spacial score (nSPS) is 15.9. The lowest BCUT2D eigenvalue weighted by Crippen LogP contribution is -2.34. The molecule has 0 bridgehead atoms. The van der Waals surface area contributed by atoms with Crippen LogP contribution in [0.25, 0.3) is 0 Å².